The van der Waals surface area contributed by atoms with E-state index in [1.807, 2.05) is 55.5 Å². The summed E-state index contributed by atoms with van der Waals surface area (Å²) in [4.78, 5) is 12.9. The fourth-order valence-electron chi connectivity index (χ4n) is 3.11. The summed E-state index contributed by atoms with van der Waals surface area (Å²) < 4.78 is 1.09. The topological polar surface area (TPSA) is 116 Å². The fraction of sp³-hybridized carbons (Fsp3) is 0.105. The standard InChI is InChI=1S/C19H18N6O/c1-2-13-16(17(20)24-19(21)23-13)12-8-9-14-15(10-12)25(26)18(22-14)11-6-4-3-5-7-11/h3-10,26H,2H2,1H3,(H4,20,21,23,24). The van der Waals surface area contributed by atoms with E-state index in [9.17, 15) is 5.21 Å². The van der Waals surface area contributed by atoms with E-state index >= 15 is 0 Å². The second-order valence-corrected chi connectivity index (χ2v) is 5.96. The van der Waals surface area contributed by atoms with Gasteiger partial charge in [0.15, 0.2) is 5.82 Å². The summed E-state index contributed by atoms with van der Waals surface area (Å²) >= 11 is 0. The van der Waals surface area contributed by atoms with Crippen LogP contribution in [-0.4, -0.2) is 24.9 Å². The Morgan fingerprint density at radius 1 is 0.962 bits per heavy atom. The summed E-state index contributed by atoms with van der Waals surface area (Å²) in [6, 6.07) is 15.1. The third kappa shape index (κ3) is 2.50. The predicted molar refractivity (Wildman–Crippen MR) is 102 cm³/mol. The average Bonchev–Trinajstić information content (AvgIpc) is 2.98. The first-order chi connectivity index (χ1) is 12.6. The average molecular weight is 346 g/mol. The maximum absolute atomic E-state index is 10.6. The molecule has 0 amide bonds. The number of nitrogens with two attached hydrogens (primary N) is 2. The Morgan fingerprint density at radius 3 is 2.46 bits per heavy atom. The zero-order chi connectivity index (χ0) is 18.3. The molecular formula is C19H18N6O. The van der Waals surface area contributed by atoms with E-state index in [2.05, 4.69) is 15.0 Å². The van der Waals surface area contributed by atoms with E-state index in [1.54, 1.807) is 0 Å². The Morgan fingerprint density at radius 2 is 1.73 bits per heavy atom. The van der Waals surface area contributed by atoms with Crippen LogP contribution in [0, 0.1) is 0 Å². The number of fused-ring (bicyclic) bond motifs is 1. The fourth-order valence-corrected chi connectivity index (χ4v) is 3.11. The van der Waals surface area contributed by atoms with Crippen molar-refractivity contribution >= 4 is 22.8 Å². The molecule has 2 heterocycles. The van der Waals surface area contributed by atoms with E-state index in [0.717, 1.165) is 27.1 Å². The number of anilines is 2. The lowest BCUT2D eigenvalue weighted by atomic mass is 10.0. The van der Waals surface area contributed by atoms with Gasteiger partial charge in [-0.2, -0.15) is 9.71 Å². The van der Waals surface area contributed by atoms with Crippen molar-refractivity contribution in [2.45, 2.75) is 13.3 Å². The number of benzene rings is 2. The molecule has 0 radical (unpaired) electrons. The summed E-state index contributed by atoms with van der Waals surface area (Å²) in [6.45, 7) is 1.98. The van der Waals surface area contributed by atoms with Gasteiger partial charge in [-0.3, -0.25) is 0 Å². The highest BCUT2D eigenvalue weighted by Gasteiger charge is 2.16. The minimum Gasteiger partial charge on any atom is -0.426 e. The third-order valence-electron chi connectivity index (χ3n) is 4.32. The molecule has 2 aromatic carbocycles. The molecule has 4 rings (SSSR count). The molecule has 0 saturated carbocycles. The maximum atomic E-state index is 10.6. The van der Waals surface area contributed by atoms with Crippen LogP contribution < -0.4 is 11.5 Å². The molecule has 5 N–H and O–H groups in total. The minimum atomic E-state index is 0.155. The molecule has 0 spiro atoms. The molecule has 26 heavy (non-hydrogen) atoms. The highest BCUT2D eigenvalue weighted by atomic mass is 16.5. The highest BCUT2D eigenvalue weighted by molar-refractivity contribution is 5.88. The molecule has 2 aromatic heterocycles. The monoisotopic (exact) mass is 346 g/mol. The molecular weight excluding hydrogens is 328 g/mol. The number of nitrogen functional groups attached to an aromatic ring is 2. The summed E-state index contributed by atoms with van der Waals surface area (Å²) in [7, 11) is 0. The van der Waals surface area contributed by atoms with Crippen LogP contribution in [0.3, 0.4) is 0 Å². The van der Waals surface area contributed by atoms with Crippen LogP contribution in [0.25, 0.3) is 33.5 Å². The SMILES string of the molecule is CCc1nc(N)nc(N)c1-c1ccc2nc(-c3ccccc3)n(O)c2c1. The second kappa shape index (κ2) is 6.03. The molecule has 0 saturated heterocycles. The molecule has 0 bridgehead atoms. The molecule has 0 aliphatic heterocycles. The van der Waals surface area contributed by atoms with Gasteiger partial charge in [-0.1, -0.05) is 43.3 Å². The lowest BCUT2D eigenvalue weighted by Gasteiger charge is -2.11. The number of aromatic nitrogens is 4. The van der Waals surface area contributed by atoms with Crippen molar-refractivity contribution < 1.29 is 5.21 Å². The van der Waals surface area contributed by atoms with E-state index in [0.29, 0.717) is 29.1 Å². The Labute approximate surface area is 149 Å². The highest BCUT2D eigenvalue weighted by Crippen LogP contribution is 2.32. The Kier molecular flexibility index (Phi) is 3.69. The van der Waals surface area contributed by atoms with Crippen LogP contribution >= 0.6 is 0 Å². The molecule has 0 fully saturated rings. The van der Waals surface area contributed by atoms with Crippen molar-refractivity contribution in [2.24, 2.45) is 0 Å². The minimum absolute atomic E-state index is 0.155. The number of rotatable bonds is 3. The summed E-state index contributed by atoms with van der Waals surface area (Å²) in [5, 5.41) is 10.6. The van der Waals surface area contributed by atoms with E-state index in [-0.39, 0.29) is 5.95 Å². The van der Waals surface area contributed by atoms with Crippen LogP contribution in [0.4, 0.5) is 11.8 Å². The summed E-state index contributed by atoms with van der Waals surface area (Å²) in [5.41, 5.74) is 16.2. The van der Waals surface area contributed by atoms with Crippen LogP contribution in [0.15, 0.2) is 48.5 Å². The Bertz CT molecular complexity index is 1100. The van der Waals surface area contributed by atoms with Gasteiger partial charge < -0.3 is 16.7 Å². The number of aryl methyl sites for hydroxylation is 1. The quantitative estimate of drug-likeness (QED) is 0.491. The largest absolute Gasteiger partial charge is 0.426 e. The predicted octanol–water partition coefficient (Wildman–Crippen LogP) is 3.12. The first kappa shape index (κ1) is 15.9. The van der Waals surface area contributed by atoms with Gasteiger partial charge in [-0.05, 0) is 24.1 Å². The van der Waals surface area contributed by atoms with Crippen molar-refractivity contribution in [3.8, 4) is 22.5 Å². The van der Waals surface area contributed by atoms with Crippen molar-refractivity contribution in [1.82, 2.24) is 19.7 Å². The number of imidazole rings is 1. The number of hydrogen-bond donors (Lipinski definition) is 3. The first-order valence-electron chi connectivity index (χ1n) is 8.28. The molecule has 130 valence electrons. The van der Waals surface area contributed by atoms with Gasteiger partial charge >= 0.3 is 0 Å². The van der Waals surface area contributed by atoms with Gasteiger partial charge in [-0.25, -0.2) is 9.97 Å². The van der Waals surface area contributed by atoms with E-state index < -0.39 is 0 Å². The lowest BCUT2D eigenvalue weighted by Crippen LogP contribution is -2.06. The Hall–Kier alpha value is -3.61. The molecule has 0 atom stereocenters. The first-order valence-corrected chi connectivity index (χ1v) is 8.28. The van der Waals surface area contributed by atoms with Crippen molar-refractivity contribution in [3.63, 3.8) is 0 Å². The zero-order valence-corrected chi connectivity index (χ0v) is 14.2. The maximum Gasteiger partial charge on any atom is 0.222 e. The molecule has 7 nitrogen and oxygen atoms in total. The lowest BCUT2D eigenvalue weighted by molar-refractivity contribution is 0.203. The van der Waals surface area contributed by atoms with Gasteiger partial charge in [-0.15, -0.1) is 0 Å². The van der Waals surface area contributed by atoms with Crippen LogP contribution in [-0.2, 0) is 6.42 Å². The van der Waals surface area contributed by atoms with Gasteiger partial charge in [0.05, 0.1) is 11.2 Å². The van der Waals surface area contributed by atoms with Gasteiger partial charge in [0.2, 0.25) is 5.95 Å². The number of nitrogens with zero attached hydrogens (tertiary/aromatic N) is 4. The van der Waals surface area contributed by atoms with Crippen molar-refractivity contribution in [3.05, 3.63) is 54.2 Å². The van der Waals surface area contributed by atoms with Crippen LogP contribution in [0.5, 0.6) is 0 Å². The summed E-state index contributed by atoms with van der Waals surface area (Å²) in [6.07, 6.45) is 0.665. The van der Waals surface area contributed by atoms with Gasteiger partial charge in [0, 0.05) is 11.1 Å². The van der Waals surface area contributed by atoms with E-state index in [4.69, 9.17) is 11.5 Å². The second-order valence-electron chi connectivity index (χ2n) is 5.96. The summed E-state index contributed by atoms with van der Waals surface area (Å²) in [5.74, 6) is 0.957. The molecule has 7 heteroatoms. The zero-order valence-electron chi connectivity index (χ0n) is 14.2. The van der Waals surface area contributed by atoms with E-state index in [1.165, 1.54) is 0 Å². The normalized spacial score (nSPS) is 11.1. The number of hydrogen-bond acceptors (Lipinski definition) is 6. The van der Waals surface area contributed by atoms with Crippen molar-refractivity contribution in [1.29, 1.82) is 0 Å². The molecule has 4 aromatic rings. The molecule has 0 unspecified atom stereocenters. The van der Waals surface area contributed by atoms with Crippen molar-refractivity contribution in [2.75, 3.05) is 11.5 Å². The van der Waals surface area contributed by atoms with Crippen LogP contribution in [0.1, 0.15) is 12.6 Å². The third-order valence-corrected chi connectivity index (χ3v) is 4.32. The Balaban J connectivity index is 1.91. The smallest absolute Gasteiger partial charge is 0.222 e. The van der Waals surface area contributed by atoms with Crippen LogP contribution in [0.2, 0.25) is 0 Å². The molecule has 0 aliphatic carbocycles. The molecule has 0 aliphatic rings. The van der Waals surface area contributed by atoms with Gasteiger partial charge in [0.1, 0.15) is 11.3 Å². The van der Waals surface area contributed by atoms with Gasteiger partial charge in [0.25, 0.3) is 0 Å².